The number of fused-ring (bicyclic) bond motifs is 2. The molecular formula is C14H23O4P. The summed E-state index contributed by atoms with van der Waals surface area (Å²) in [7, 11) is -3.37. The number of hydrogen-bond acceptors (Lipinski definition) is 4. The third-order valence-electron chi connectivity index (χ3n) is 3.93. The fourth-order valence-corrected chi connectivity index (χ4v) is 4.64. The molecule has 0 spiro atoms. The molecule has 0 radical (unpaired) electrons. The van der Waals surface area contributed by atoms with Crippen LogP contribution < -0.4 is 0 Å². The summed E-state index contributed by atoms with van der Waals surface area (Å²) in [6, 6.07) is 0. The highest BCUT2D eigenvalue weighted by Gasteiger charge is 2.36. The molecule has 0 saturated heterocycles. The Hall–Kier alpha value is -0.370. The molecule has 2 aliphatic rings. The lowest BCUT2D eigenvalue weighted by atomic mass is 9.95. The van der Waals surface area contributed by atoms with Crippen LogP contribution in [-0.2, 0) is 13.6 Å². The Morgan fingerprint density at radius 3 is 2.47 bits per heavy atom. The van der Waals surface area contributed by atoms with Crippen LogP contribution in [0.3, 0.4) is 0 Å². The summed E-state index contributed by atoms with van der Waals surface area (Å²) >= 11 is 0. The number of rotatable bonds is 6. The molecule has 19 heavy (non-hydrogen) atoms. The summed E-state index contributed by atoms with van der Waals surface area (Å²) in [6.07, 6.45) is 4.72. The molecule has 0 amide bonds. The van der Waals surface area contributed by atoms with Gasteiger partial charge in [-0.3, -0.25) is 4.57 Å². The van der Waals surface area contributed by atoms with Crippen molar-refractivity contribution < 1.29 is 18.7 Å². The summed E-state index contributed by atoms with van der Waals surface area (Å²) in [4.78, 5) is 0. The van der Waals surface area contributed by atoms with E-state index in [1.54, 1.807) is 13.8 Å². The van der Waals surface area contributed by atoms with Crippen LogP contribution in [0.2, 0.25) is 0 Å². The molecule has 0 aromatic heterocycles. The van der Waals surface area contributed by atoms with E-state index in [0.29, 0.717) is 24.4 Å². The summed E-state index contributed by atoms with van der Waals surface area (Å²) in [5, 5.41) is 9.79. The highest BCUT2D eigenvalue weighted by Crippen LogP contribution is 2.56. The Labute approximate surface area is 115 Å². The largest absolute Gasteiger partial charge is 0.391 e. The van der Waals surface area contributed by atoms with Crippen LogP contribution in [0.4, 0.5) is 0 Å². The zero-order valence-electron chi connectivity index (χ0n) is 11.7. The van der Waals surface area contributed by atoms with Crippen LogP contribution in [0.15, 0.2) is 16.6 Å². The van der Waals surface area contributed by atoms with E-state index in [-0.39, 0.29) is 6.61 Å². The first-order valence-corrected chi connectivity index (χ1v) is 8.66. The molecule has 2 aliphatic carbocycles. The van der Waals surface area contributed by atoms with Crippen LogP contribution in [0.1, 0.15) is 39.5 Å². The standard InChI is InChI=1S/C14H23O4P/c1-3-17-19(16,18-4-2)14(10-15)9-13-8-11-5-6-12(13)7-11/h11-12,15H,3-8,10H2,1-2H3. The number of aliphatic hydroxyl groups is 1. The zero-order valence-corrected chi connectivity index (χ0v) is 12.6. The van der Waals surface area contributed by atoms with Crippen molar-refractivity contribution >= 4 is 7.60 Å². The van der Waals surface area contributed by atoms with Crippen molar-refractivity contribution in [3.05, 3.63) is 16.6 Å². The minimum atomic E-state index is -3.37. The van der Waals surface area contributed by atoms with Gasteiger partial charge in [-0.1, -0.05) is 0 Å². The van der Waals surface area contributed by atoms with Gasteiger partial charge in [0.15, 0.2) is 0 Å². The molecule has 2 bridgehead atoms. The molecule has 0 heterocycles. The first-order chi connectivity index (χ1) is 9.12. The van der Waals surface area contributed by atoms with Crippen molar-refractivity contribution in [2.45, 2.75) is 39.5 Å². The van der Waals surface area contributed by atoms with Gasteiger partial charge in [0.05, 0.1) is 19.8 Å². The maximum atomic E-state index is 12.6. The quantitative estimate of drug-likeness (QED) is 0.600. The molecular weight excluding hydrogens is 263 g/mol. The number of aliphatic hydroxyl groups excluding tert-OH is 1. The molecule has 1 N–H and O–H groups in total. The van der Waals surface area contributed by atoms with Gasteiger partial charge in [-0.05, 0) is 56.9 Å². The van der Waals surface area contributed by atoms with Crippen molar-refractivity contribution in [3.8, 4) is 0 Å². The van der Waals surface area contributed by atoms with Gasteiger partial charge in [-0.2, -0.15) is 0 Å². The highest BCUT2D eigenvalue weighted by atomic mass is 31.2. The Morgan fingerprint density at radius 2 is 2.05 bits per heavy atom. The van der Waals surface area contributed by atoms with Crippen LogP contribution in [0.25, 0.3) is 0 Å². The highest BCUT2D eigenvalue weighted by molar-refractivity contribution is 7.58. The summed E-state index contributed by atoms with van der Waals surface area (Å²) in [5.41, 5.74) is 4.37. The van der Waals surface area contributed by atoms with Crippen molar-refractivity contribution in [2.24, 2.45) is 11.8 Å². The van der Waals surface area contributed by atoms with E-state index in [1.165, 1.54) is 24.8 Å². The van der Waals surface area contributed by atoms with Gasteiger partial charge in [0.2, 0.25) is 0 Å². The fraction of sp³-hybridized carbons (Fsp3) is 0.786. The minimum absolute atomic E-state index is 0.291. The molecule has 2 unspecified atom stereocenters. The van der Waals surface area contributed by atoms with Crippen LogP contribution in [0.5, 0.6) is 0 Å². The zero-order chi connectivity index (χ0) is 13.9. The fourth-order valence-electron chi connectivity index (χ4n) is 3.12. The minimum Gasteiger partial charge on any atom is -0.391 e. The first kappa shape index (κ1) is 15.0. The normalized spacial score (nSPS) is 25.7. The summed E-state index contributed by atoms with van der Waals surface area (Å²) in [5.74, 6) is 1.31. The lowest BCUT2D eigenvalue weighted by Gasteiger charge is -2.18. The molecule has 0 aromatic rings. The van der Waals surface area contributed by atoms with Crippen molar-refractivity contribution in [1.29, 1.82) is 0 Å². The second-order valence-electron chi connectivity index (χ2n) is 5.17. The Morgan fingerprint density at radius 1 is 1.37 bits per heavy atom. The molecule has 4 nitrogen and oxygen atoms in total. The Kier molecular flexibility index (Phi) is 5.05. The van der Waals surface area contributed by atoms with E-state index in [4.69, 9.17) is 9.05 Å². The number of hydrogen-bond donors (Lipinski definition) is 1. The molecule has 2 rings (SSSR count). The molecule has 2 fully saturated rings. The monoisotopic (exact) mass is 286 g/mol. The molecule has 2 atom stereocenters. The van der Waals surface area contributed by atoms with Crippen molar-refractivity contribution in [3.63, 3.8) is 0 Å². The average Bonchev–Trinajstić information content (AvgIpc) is 2.98. The van der Waals surface area contributed by atoms with Crippen LogP contribution in [-0.4, -0.2) is 24.9 Å². The Bertz CT molecular complexity index is 427. The van der Waals surface area contributed by atoms with Crippen LogP contribution >= 0.6 is 7.60 Å². The maximum absolute atomic E-state index is 12.6. The van der Waals surface area contributed by atoms with Gasteiger partial charge >= 0.3 is 7.60 Å². The average molecular weight is 286 g/mol. The summed E-state index contributed by atoms with van der Waals surface area (Å²) in [6.45, 7) is 3.81. The predicted octanol–water partition coefficient (Wildman–Crippen LogP) is 3.47. The van der Waals surface area contributed by atoms with Crippen molar-refractivity contribution in [2.75, 3.05) is 19.8 Å². The molecule has 0 aromatic carbocycles. The van der Waals surface area contributed by atoms with E-state index in [2.05, 4.69) is 5.73 Å². The third-order valence-corrected chi connectivity index (χ3v) is 6.04. The second kappa shape index (κ2) is 6.39. The van der Waals surface area contributed by atoms with Gasteiger partial charge in [-0.25, -0.2) is 0 Å². The van der Waals surface area contributed by atoms with E-state index >= 15 is 0 Å². The lowest BCUT2D eigenvalue weighted by molar-refractivity contribution is 0.220. The molecule has 2 saturated carbocycles. The first-order valence-electron chi connectivity index (χ1n) is 7.12. The molecule has 108 valence electrons. The lowest BCUT2D eigenvalue weighted by Crippen LogP contribution is -2.03. The second-order valence-corrected chi connectivity index (χ2v) is 7.22. The molecule has 5 heteroatoms. The van der Waals surface area contributed by atoms with Gasteiger partial charge < -0.3 is 14.2 Å². The summed E-state index contributed by atoms with van der Waals surface area (Å²) < 4.78 is 23.2. The third kappa shape index (κ3) is 3.21. The predicted molar refractivity (Wildman–Crippen MR) is 73.9 cm³/mol. The van der Waals surface area contributed by atoms with Gasteiger partial charge in [0.25, 0.3) is 0 Å². The van der Waals surface area contributed by atoms with E-state index < -0.39 is 7.60 Å². The molecule has 0 aliphatic heterocycles. The van der Waals surface area contributed by atoms with Crippen LogP contribution in [0, 0.1) is 11.8 Å². The smallest absolute Gasteiger partial charge is 0.367 e. The van der Waals surface area contributed by atoms with E-state index in [0.717, 1.165) is 12.3 Å². The van der Waals surface area contributed by atoms with Gasteiger partial charge in [-0.15, -0.1) is 5.73 Å². The SMILES string of the molecule is CCOP(=O)(OCC)C(=C=C1CC2CCC1C2)CO. The van der Waals surface area contributed by atoms with E-state index in [1.807, 2.05) is 0 Å². The van der Waals surface area contributed by atoms with Gasteiger partial charge in [0.1, 0.15) is 5.31 Å². The Balaban J connectivity index is 2.32. The van der Waals surface area contributed by atoms with Gasteiger partial charge in [0, 0.05) is 0 Å². The van der Waals surface area contributed by atoms with Crippen molar-refractivity contribution in [1.82, 2.24) is 0 Å². The van der Waals surface area contributed by atoms with E-state index in [9.17, 15) is 9.67 Å². The maximum Gasteiger partial charge on any atom is 0.367 e. The topological polar surface area (TPSA) is 55.8 Å².